The summed E-state index contributed by atoms with van der Waals surface area (Å²) in [5, 5.41) is 0. The number of benzene rings is 1. The van der Waals surface area contributed by atoms with E-state index in [0.717, 1.165) is 49.5 Å². The molecule has 0 aromatic heterocycles. The molecule has 4 heteroatoms. The van der Waals surface area contributed by atoms with Crippen molar-refractivity contribution >= 4 is 5.78 Å². The van der Waals surface area contributed by atoms with E-state index >= 15 is 0 Å². The van der Waals surface area contributed by atoms with Gasteiger partial charge in [0.05, 0.1) is 19.8 Å². The van der Waals surface area contributed by atoms with Crippen LogP contribution in [0.1, 0.15) is 22.3 Å². The molecule has 0 bridgehead atoms. The summed E-state index contributed by atoms with van der Waals surface area (Å²) in [6.45, 7) is 2.72. The number of likely N-dealkylation sites (N-methyl/N-ethyl adjacent to an activating group) is 1. The van der Waals surface area contributed by atoms with Crippen molar-refractivity contribution in [2.24, 2.45) is 0 Å². The zero-order chi connectivity index (χ0) is 13.2. The third kappa shape index (κ3) is 2.65. The molecule has 1 saturated heterocycles. The first kappa shape index (κ1) is 12.6. The standard InChI is InChI=1S/C15H19NO3/c1-16(13-5-6-18-10-13)9-14(17)11-2-3-15-12(8-11)4-7-19-15/h2-3,8,13H,4-7,9-10H2,1H3. The Morgan fingerprint density at radius 3 is 3.11 bits per heavy atom. The van der Waals surface area contributed by atoms with Gasteiger partial charge in [-0.15, -0.1) is 0 Å². The van der Waals surface area contributed by atoms with E-state index in [0.29, 0.717) is 12.6 Å². The number of hydrogen-bond donors (Lipinski definition) is 0. The maximum atomic E-state index is 12.3. The van der Waals surface area contributed by atoms with Crippen LogP contribution >= 0.6 is 0 Å². The Bertz CT molecular complexity index is 480. The van der Waals surface area contributed by atoms with Crippen molar-refractivity contribution in [1.82, 2.24) is 4.90 Å². The van der Waals surface area contributed by atoms with Crippen LogP contribution in [0.15, 0.2) is 18.2 Å². The fourth-order valence-corrected chi connectivity index (χ4v) is 2.68. The molecule has 19 heavy (non-hydrogen) atoms. The summed E-state index contributed by atoms with van der Waals surface area (Å²) in [6, 6.07) is 6.13. The first-order valence-electron chi connectivity index (χ1n) is 6.81. The van der Waals surface area contributed by atoms with Crippen LogP contribution in [0, 0.1) is 0 Å². The average molecular weight is 261 g/mol. The summed E-state index contributed by atoms with van der Waals surface area (Å²) in [6.07, 6.45) is 1.92. The van der Waals surface area contributed by atoms with E-state index in [1.54, 1.807) is 0 Å². The summed E-state index contributed by atoms with van der Waals surface area (Å²) < 4.78 is 10.8. The molecule has 2 aliphatic rings. The zero-order valence-electron chi connectivity index (χ0n) is 11.2. The number of rotatable bonds is 4. The molecular weight excluding hydrogens is 242 g/mol. The van der Waals surface area contributed by atoms with Gasteiger partial charge in [-0.1, -0.05) is 0 Å². The van der Waals surface area contributed by atoms with Crippen molar-refractivity contribution in [3.63, 3.8) is 0 Å². The quantitative estimate of drug-likeness (QED) is 0.770. The number of fused-ring (bicyclic) bond motifs is 1. The maximum absolute atomic E-state index is 12.3. The number of ketones is 1. The van der Waals surface area contributed by atoms with Gasteiger partial charge in [0.15, 0.2) is 5.78 Å². The monoisotopic (exact) mass is 261 g/mol. The Balaban J connectivity index is 1.66. The maximum Gasteiger partial charge on any atom is 0.176 e. The average Bonchev–Trinajstić information content (AvgIpc) is 3.09. The van der Waals surface area contributed by atoms with Crippen molar-refractivity contribution in [3.05, 3.63) is 29.3 Å². The molecule has 0 N–H and O–H groups in total. The second kappa shape index (κ2) is 5.31. The minimum atomic E-state index is 0.170. The molecule has 102 valence electrons. The van der Waals surface area contributed by atoms with Crippen LogP contribution in [0.2, 0.25) is 0 Å². The van der Waals surface area contributed by atoms with Crippen LogP contribution in [0.3, 0.4) is 0 Å². The van der Waals surface area contributed by atoms with Crippen LogP contribution in [0.5, 0.6) is 5.75 Å². The second-order valence-electron chi connectivity index (χ2n) is 5.28. The molecule has 2 heterocycles. The smallest absolute Gasteiger partial charge is 0.176 e. The Labute approximate surface area is 113 Å². The Kier molecular flexibility index (Phi) is 3.53. The lowest BCUT2D eigenvalue weighted by Crippen LogP contribution is -2.36. The minimum Gasteiger partial charge on any atom is -0.493 e. The van der Waals surface area contributed by atoms with E-state index in [2.05, 4.69) is 4.90 Å². The minimum absolute atomic E-state index is 0.170. The van der Waals surface area contributed by atoms with Gasteiger partial charge in [0, 0.05) is 24.6 Å². The lowest BCUT2D eigenvalue weighted by molar-refractivity contribution is 0.0907. The SMILES string of the molecule is CN(CC(=O)c1ccc2c(c1)CCO2)C1CCOC1. The van der Waals surface area contributed by atoms with Crippen molar-refractivity contribution in [3.8, 4) is 5.75 Å². The van der Waals surface area contributed by atoms with Gasteiger partial charge in [-0.2, -0.15) is 0 Å². The molecular formula is C15H19NO3. The van der Waals surface area contributed by atoms with E-state index in [1.807, 2.05) is 25.2 Å². The molecule has 0 saturated carbocycles. The van der Waals surface area contributed by atoms with Gasteiger partial charge >= 0.3 is 0 Å². The highest BCUT2D eigenvalue weighted by atomic mass is 16.5. The summed E-state index contributed by atoms with van der Waals surface area (Å²) >= 11 is 0. The highest BCUT2D eigenvalue weighted by Gasteiger charge is 2.23. The van der Waals surface area contributed by atoms with Crippen LogP contribution < -0.4 is 4.74 Å². The molecule has 1 unspecified atom stereocenters. The van der Waals surface area contributed by atoms with Crippen molar-refractivity contribution in [2.45, 2.75) is 18.9 Å². The van der Waals surface area contributed by atoms with E-state index in [4.69, 9.17) is 9.47 Å². The third-order valence-electron chi connectivity index (χ3n) is 3.93. The molecule has 0 amide bonds. The molecule has 0 spiro atoms. The van der Waals surface area contributed by atoms with Gasteiger partial charge in [-0.05, 0) is 37.2 Å². The molecule has 1 atom stereocenters. The molecule has 1 aromatic carbocycles. The van der Waals surface area contributed by atoms with Crippen LogP contribution in [0.4, 0.5) is 0 Å². The van der Waals surface area contributed by atoms with E-state index in [-0.39, 0.29) is 5.78 Å². The number of ether oxygens (including phenoxy) is 2. The van der Waals surface area contributed by atoms with Gasteiger partial charge in [0.25, 0.3) is 0 Å². The van der Waals surface area contributed by atoms with E-state index < -0.39 is 0 Å². The van der Waals surface area contributed by atoms with Gasteiger partial charge < -0.3 is 9.47 Å². The number of nitrogens with zero attached hydrogens (tertiary/aromatic N) is 1. The topological polar surface area (TPSA) is 38.8 Å². The third-order valence-corrected chi connectivity index (χ3v) is 3.93. The first-order valence-corrected chi connectivity index (χ1v) is 6.81. The fourth-order valence-electron chi connectivity index (χ4n) is 2.68. The van der Waals surface area contributed by atoms with Crippen molar-refractivity contribution in [1.29, 1.82) is 0 Å². The normalized spacial score (nSPS) is 21.5. The summed E-state index contributed by atoms with van der Waals surface area (Å²) in [7, 11) is 1.99. The van der Waals surface area contributed by atoms with Gasteiger partial charge in [0.1, 0.15) is 5.75 Å². The first-order chi connectivity index (χ1) is 9.24. The van der Waals surface area contributed by atoms with Crippen LogP contribution in [-0.2, 0) is 11.2 Å². The van der Waals surface area contributed by atoms with E-state index in [9.17, 15) is 4.79 Å². The number of Topliss-reactive ketones (excluding diaryl/α,β-unsaturated/α-hetero) is 1. The molecule has 2 aliphatic heterocycles. The number of hydrogen-bond acceptors (Lipinski definition) is 4. The molecule has 3 rings (SSSR count). The Hall–Kier alpha value is -1.39. The highest BCUT2D eigenvalue weighted by molar-refractivity contribution is 5.98. The summed E-state index contributed by atoms with van der Waals surface area (Å²) in [5.41, 5.74) is 1.94. The number of carbonyl (C=O) groups is 1. The van der Waals surface area contributed by atoms with Crippen molar-refractivity contribution < 1.29 is 14.3 Å². The molecule has 0 aliphatic carbocycles. The summed E-state index contributed by atoms with van der Waals surface area (Å²) in [5.74, 6) is 1.10. The predicted octanol–water partition coefficient (Wildman–Crippen LogP) is 1.52. The predicted molar refractivity (Wildman–Crippen MR) is 71.8 cm³/mol. The van der Waals surface area contributed by atoms with Crippen LogP contribution in [-0.4, -0.2) is 50.1 Å². The van der Waals surface area contributed by atoms with Gasteiger partial charge in [0.2, 0.25) is 0 Å². The van der Waals surface area contributed by atoms with Crippen LogP contribution in [0.25, 0.3) is 0 Å². The Morgan fingerprint density at radius 2 is 2.32 bits per heavy atom. The lowest BCUT2D eigenvalue weighted by atomic mass is 10.0. The molecule has 0 radical (unpaired) electrons. The fraction of sp³-hybridized carbons (Fsp3) is 0.533. The van der Waals surface area contributed by atoms with Gasteiger partial charge in [-0.3, -0.25) is 9.69 Å². The Morgan fingerprint density at radius 1 is 1.42 bits per heavy atom. The second-order valence-corrected chi connectivity index (χ2v) is 5.28. The van der Waals surface area contributed by atoms with E-state index in [1.165, 1.54) is 0 Å². The van der Waals surface area contributed by atoms with Crippen molar-refractivity contribution in [2.75, 3.05) is 33.4 Å². The highest BCUT2D eigenvalue weighted by Crippen LogP contribution is 2.26. The number of carbonyl (C=O) groups excluding carboxylic acids is 1. The summed E-state index contributed by atoms with van der Waals surface area (Å²) in [4.78, 5) is 14.4. The largest absolute Gasteiger partial charge is 0.493 e. The molecule has 1 aromatic rings. The zero-order valence-corrected chi connectivity index (χ0v) is 11.2. The molecule has 1 fully saturated rings. The molecule has 4 nitrogen and oxygen atoms in total. The lowest BCUT2D eigenvalue weighted by Gasteiger charge is -2.21. The van der Waals surface area contributed by atoms with Gasteiger partial charge in [-0.25, -0.2) is 0 Å².